The predicted octanol–water partition coefficient (Wildman–Crippen LogP) is -0.203. The van der Waals surface area contributed by atoms with Gasteiger partial charge in [-0.1, -0.05) is 0 Å². The van der Waals surface area contributed by atoms with Crippen LogP contribution in [0.2, 0.25) is 0 Å². The molecular formula is C8H14N4O. The van der Waals surface area contributed by atoms with Crippen molar-refractivity contribution in [3.8, 4) is 0 Å². The molecule has 0 saturated heterocycles. The van der Waals surface area contributed by atoms with Crippen molar-refractivity contribution in [3.05, 3.63) is 17.5 Å². The van der Waals surface area contributed by atoms with Crippen LogP contribution in [0.25, 0.3) is 0 Å². The number of H-pyrrole nitrogens is 1. The first kappa shape index (κ1) is 9.73. The number of aromatic amines is 1. The van der Waals surface area contributed by atoms with Crippen LogP contribution < -0.4 is 11.1 Å². The standard InChI is InChI=1S/C8H14N4O/c1-6-7(5-11-12-6)8(13)10-4-2-3-9/h5H,2-4,9H2,1H3,(H,10,13)(H,11,12). The maximum absolute atomic E-state index is 11.4. The minimum Gasteiger partial charge on any atom is -0.352 e. The van der Waals surface area contributed by atoms with Crippen molar-refractivity contribution < 1.29 is 4.79 Å². The quantitative estimate of drug-likeness (QED) is 0.564. The van der Waals surface area contributed by atoms with E-state index in [1.165, 1.54) is 6.20 Å². The van der Waals surface area contributed by atoms with Gasteiger partial charge in [0.2, 0.25) is 0 Å². The lowest BCUT2D eigenvalue weighted by molar-refractivity contribution is 0.0953. The van der Waals surface area contributed by atoms with E-state index in [2.05, 4.69) is 15.5 Å². The van der Waals surface area contributed by atoms with Gasteiger partial charge in [-0.25, -0.2) is 0 Å². The average molecular weight is 182 g/mol. The molecule has 0 unspecified atom stereocenters. The Morgan fingerprint density at radius 2 is 2.54 bits per heavy atom. The van der Waals surface area contributed by atoms with Crippen LogP contribution in [0.4, 0.5) is 0 Å². The molecule has 0 aliphatic heterocycles. The molecule has 0 spiro atoms. The Morgan fingerprint density at radius 1 is 1.77 bits per heavy atom. The van der Waals surface area contributed by atoms with Crippen molar-refractivity contribution in [2.75, 3.05) is 13.1 Å². The molecule has 0 bridgehead atoms. The summed E-state index contributed by atoms with van der Waals surface area (Å²) in [5.41, 5.74) is 6.67. The largest absolute Gasteiger partial charge is 0.352 e. The van der Waals surface area contributed by atoms with Crippen molar-refractivity contribution in [3.63, 3.8) is 0 Å². The van der Waals surface area contributed by atoms with Crippen LogP contribution in [-0.2, 0) is 0 Å². The molecule has 1 aromatic rings. The highest BCUT2D eigenvalue weighted by atomic mass is 16.1. The summed E-state index contributed by atoms with van der Waals surface area (Å²) in [7, 11) is 0. The fourth-order valence-corrected chi connectivity index (χ4v) is 0.979. The highest BCUT2D eigenvalue weighted by molar-refractivity contribution is 5.94. The van der Waals surface area contributed by atoms with E-state index in [0.717, 1.165) is 12.1 Å². The summed E-state index contributed by atoms with van der Waals surface area (Å²) in [6, 6.07) is 0. The Bertz CT molecular complexity index is 281. The molecule has 0 fully saturated rings. The van der Waals surface area contributed by atoms with Crippen molar-refractivity contribution in [1.82, 2.24) is 15.5 Å². The zero-order chi connectivity index (χ0) is 9.68. The van der Waals surface area contributed by atoms with E-state index in [0.29, 0.717) is 18.7 Å². The van der Waals surface area contributed by atoms with E-state index in [1.807, 2.05) is 6.92 Å². The monoisotopic (exact) mass is 182 g/mol. The summed E-state index contributed by atoms with van der Waals surface area (Å²) in [6.07, 6.45) is 2.32. The van der Waals surface area contributed by atoms with E-state index in [9.17, 15) is 4.79 Å². The molecule has 5 heteroatoms. The topological polar surface area (TPSA) is 83.8 Å². The SMILES string of the molecule is Cc1[nH]ncc1C(=O)NCCCN. The van der Waals surface area contributed by atoms with Gasteiger partial charge in [0, 0.05) is 12.2 Å². The van der Waals surface area contributed by atoms with Crippen LogP contribution in [0.15, 0.2) is 6.20 Å². The van der Waals surface area contributed by atoms with Crippen molar-refractivity contribution in [2.24, 2.45) is 5.73 Å². The Labute approximate surface area is 76.7 Å². The summed E-state index contributed by atoms with van der Waals surface area (Å²) < 4.78 is 0. The minimum absolute atomic E-state index is 0.0975. The molecule has 72 valence electrons. The van der Waals surface area contributed by atoms with E-state index < -0.39 is 0 Å². The lowest BCUT2D eigenvalue weighted by Gasteiger charge is -2.01. The van der Waals surface area contributed by atoms with Gasteiger partial charge in [0.15, 0.2) is 0 Å². The van der Waals surface area contributed by atoms with Gasteiger partial charge in [0.05, 0.1) is 11.8 Å². The first-order chi connectivity index (χ1) is 6.25. The Hall–Kier alpha value is -1.36. The van der Waals surface area contributed by atoms with Crippen molar-refractivity contribution in [1.29, 1.82) is 0 Å². The molecule has 1 amide bonds. The number of nitrogens with zero attached hydrogens (tertiary/aromatic N) is 1. The minimum atomic E-state index is -0.0975. The van der Waals surface area contributed by atoms with E-state index >= 15 is 0 Å². The van der Waals surface area contributed by atoms with Gasteiger partial charge >= 0.3 is 0 Å². The molecule has 1 heterocycles. The normalized spacial score (nSPS) is 10.0. The molecule has 0 aliphatic carbocycles. The van der Waals surface area contributed by atoms with Crippen molar-refractivity contribution >= 4 is 5.91 Å². The maximum Gasteiger partial charge on any atom is 0.254 e. The van der Waals surface area contributed by atoms with Crippen LogP contribution in [0.3, 0.4) is 0 Å². The number of aromatic nitrogens is 2. The molecule has 0 saturated carbocycles. The van der Waals surface area contributed by atoms with Crippen molar-refractivity contribution in [2.45, 2.75) is 13.3 Å². The smallest absolute Gasteiger partial charge is 0.254 e. The molecule has 4 N–H and O–H groups in total. The van der Waals surface area contributed by atoms with Gasteiger partial charge in [-0.15, -0.1) is 0 Å². The third kappa shape index (κ3) is 2.55. The molecular weight excluding hydrogens is 168 g/mol. The number of rotatable bonds is 4. The zero-order valence-electron chi connectivity index (χ0n) is 7.63. The molecule has 13 heavy (non-hydrogen) atoms. The number of aryl methyl sites for hydroxylation is 1. The highest BCUT2D eigenvalue weighted by Gasteiger charge is 2.08. The number of hydrogen-bond acceptors (Lipinski definition) is 3. The second kappa shape index (κ2) is 4.61. The first-order valence-electron chi connectivity index (χ1n) is 4.24. The molecule has 1 rings (SSSR count). The van der Waals surface area contributed by atoms with E-state index in [1.54, 1.807) is 0 Å². The third-order valence-electron chi connectivity index (χ3n) is 1.74. The van der Waals surface area contributed by atoms with Crippen LogP contribution in [0, 0.1) is 6.92 Å². The first-order valence-corrected chi connectivity index (χ1v) is 4.24. The zero-order valence-corrected chi connectivity index (χ0v) is 7.63. The summed E-state index contributed by atoms with van der Waals surface area (Å²) in [4.78, 5) is 11.4. The maximum atomic E-state index is 11.4. The van der Waals surface area contributed by atoms with Crippen LogP contribution in [-0.4, -0.2) is 29.2 Å². The Morgan fingerprint density at radius 3 is 3.08 bits per heavy atom. The summed E-state index contributed by atoms with van der Waals surface area (Å²) in [6.45, 7) is 3.01. The highest BCUT2D eigenvalue weighted by Crippen LogP contribution is 2.01. The van der Waals surface area contributed by atoms with Gasteiger partial charge in [-0.3, -0.25) is 9.89 Å². The third-order valence-corrected chi connectivity index (χ3v) is 1.74. The lowest BCUT2D eigenvalue weighted by Crippen LogP contribution is -2.26. The van der Waals surface area contributed by atoms with Crippen LogP contribution >= 0.6 is 0 Å². The number of hydrogen-bond donors (Lipinski definition) is 3. The molecule has 1 aromatic heterocycles. The van der Waals surface area contributed by atoms with E-state index in [-0.39, 0.29) is 5.91 Å². The van der Waals surface area contributed by atoms with Gasteiger partial charge < -0.3 is 11.1 Å². The Balaban J connectivity index is 2.45. The number of carbonyl (C=O) groups is 1. The molecule has 5 nitrogen and oxygen atoms in total. The van der Waals surface area contributed by atoms with Gasteiger partial charge in [0.25, 0.3) is 5.91 Å². The van der Waals surface area contributed by atoms with Crippen LogP contribution in [0.1, 0.15) is 22.5 Å². The lowest BCUT2D eigenvalue weighted by atomic mass is 10.2. The molecule has 0 radical (unpaired) electrons. The molecule has 0 atom stereocenters. The van der Waals surface area contributed by atoms with E-state index in [4.69, 9.17) is 5.73 Å². The second-order valence-electron chi connectivity index (χ2n) is 2.81. The summed E-state index contributed by atoms with van der Waals surface area (Å²) in [5, 5.41) is 9.21. The fourth-order valence-electron chi connectivity index (χ4n) is 0.979. The fraction of sp³-hybridized carbons (Fsp3) is 0.500. The summed E-state index contributed by atoms with van der Waals surface area (Å²) in [5.74, 6) is -0.0975. The Kier molecular flexibility index (Phi) is 3.45. The summed E-state index contributed by atoms with van der Waals surface area (Å²) >= 11 is 0. The number of amides is 1. The molecule has 0 aromatic carbocycles. The van der Waals surface area contributed by atoms with Gasteiger partial charge in [-0.05, 0) is 19.9 Å². The predicted molar refractivity (Wildman–Crippen MR) is 49.3 cm³/mol. The van der Waals surface area contributed by atoms with Gasteiger partial charge in [0.1, 0.15) is 0 Å². The second-order valence-corrected chi connectivity index (χ2v) is 2.81. The van der Waals surface area contributed by atoms with Crippen LogP contribution in [0.5, 0.6) is 0 Å². The molecule has 0 aliphatic rings. The van der Waals surface area contributed by atoms with Gasteiger partial charge in [-0.2, -0.15) is 5.10 Å². The number of carbonyl (C=O) groups excluding carboxylic acids is 1. The number of nitrogens with two attached hydrogens (primary N) is 1. The average Bonchev–Trinajstić information content (AvgIpc) is 2.52. The number of nitrogens with one attached hydrogen (secondary N) is 2.